The van der Waals surface area contributed by atoms with Crippen LogP contribution in [0.1, 0.15) is 28.2 Å². The van der Waals surface area contributed by atoms with Crippen LogP contribution in [0.4, 0.5) is 0 Å². The van der Waals surface area contributed by atoms with Gasteiger partial charge in [0.05, 0.1) is 16.6 Å². The summed E-state index contributed by atoms with van der Waals surface area (Å²) >= 11 is 7.48. The van der Waals surface area contributed by atoms with Gasteiger partial charge in [-0.1, -0.05) is 24.3 Å². The molecule has 0 amide bonds. The fourth-order valence-electron chi connectivity index (χ4n) is 2.18. The molecule has 0 spiro atoms. The third-order valence-corrected chi connectivity index (χ3v) is 4.60. The summed E-state index contributed by atoms with van der Waals surface area (Å²) in [7, 11) is 2.18. The molecule has 0 bridgehead atoms. The average Bonchev–Trinajstić information content (AvgIpc) is 2.89. The molecule has 0 atom stereocenters. The summed E-state index contributed by atoms with van der Waals surface area (Å²) in [5.74, 6) is 0.518. The van der Waals surface area contributed by atoms with Crippen molar-refractivity contribution >= 4 is 22.9 Å². The van der Waals surface area contributed by atoms with E-state index in [1.54, 1.807) is 11.3 Å². The monoisotopic (exact) mass is 308 g/mol. The van der Waals surface area contributed by atoms with E-state index in [1.165, 1.54) is 16.1 Å². The van der Waals surface area contributed by atoms with Crippen molar-refractivity contribution in [3.8, 4) is 0 Å². The number of rotatable bonds is 7. The Bertz CT molecular complexity index is 539. The zero-order valence-corrected chi connectivity index (χ0v) is 13.7. The molecular formula is C16H21ClN2S. The van der Waals surface area contributed by atoms with Crippen molar-refractivity contribution in [3.05, 3.63) is 51.5 Å². The summed E-state index contributed by atoms with van der Waals surface area (Å²) in [6.45, 7) is 4.27. The molecule has 0 saturated heterocycles. The van der Waals surface area contributed by atoms with Crippen LogP contribution in [-0.4, -0.2) is 23.5 Å². The molecule has 2 nitrogen and oxygen atoms in total. The molecule has 1 aromatic heterocycles. The second-order valence-electron chi connectivity index (χ2n) is 5.13. The van der Waals surface area contributed by atoms with Crippen molar-refractivity contribution in [2.45, 2.75) is 32.2 Å². The van der Waals surface area contributed by atoms with Gasteiger partial charge in [-0.25, -0.2) is 4.98 Å². The average molecular weight is 309 g/mol. The quantitative estimate of drug-likeness (QED) is 0.711. The molecule has 20 heavy (non-hydrogen) atoms. The second kappa shape index (κ2) is 7.77. The zero-order valence-electron chi connectivity index (χ0n) is 12.1. The first-order valence-electron chi connectivity index (χ1n) is 6.91. The van der Waals surface area contributed by atoms with Crippen LogP contribution in [0.5, 0.6) is 0 Å². The summed E-state index contributed by atoms with van der Waals surface area (Å²) in [4.78, 5) is 6.87. The zero-order chi connectivity index (χ0) is 14.4. The molecule has 108 valence electrons. The number of benzene rings is 1. The van der Waals surface area contributed by atoms with Crippen LogP contribution >= 0.6 is 22.9 Å². The van der Waals surface area contributed by atoms with E-state index in [-0.39, 0.29) is 0 Å². The van der Waals surface area contributed by atoms with Gasteiger partial charge in [-0.05, 0) is 38.1 Å². The standard InChI is InChI=1S/C16H21ClN2S/c1-13-6-3-4-7-14(13)11-19(2)9-5-8-16-18-15(10-17)12-20-16/h3-4,6-7,12H,5,8-11H2,1-2H3. The Hall–Kier alpha value is -0.900. The van der Waals surface area contributed by atoms with Gasteiger partial charge in [0.2, 0.25) is 0 Å². The van der Waals surface area contributed by atoms with Crippen molar-refractivity contribution in [2.75, 3.05) is 13.6 Å². The number of aryl methyl sites for hydroxylation is 2. The number of hydrogen-bond donors (Lipinski definition) is 0. The van der Waals surface area contributed by atoms with Gasteiger partial charge in [0.15, 0.2) is 0 Å². The number of thiazole rings is 1. The molecule has 0 aliphatic rings. The van der Waals surface area contributed by atoms with Crippen molar-refractivity contribution in [1.82, 2.24) is 9.88 Å². The van der Waals surface area contributed by atoms with E-state index < -0.39 is 0 Å². The molecule has 4 heteroatoms. The first-order valence-corrected chi connectivity index (χ1v) is 8.32. The predicted molar refractivity (Wildman–Crippen MR) is 87.5 cm³/mol. The SMILES string of the molecule is Cc1ccccc1CN(C)CCCc1nc(CCl)cs1. The van der Waals surface area contributed by atoms with Crippen molar-refractivity contribution in [1.29, 1.82) is 0 Å². The molecule has 0 aliphatic heterocycles. The largest absolute Gasteiger partial charge is 0.302 e. The Balaban J connectivity index is 1.75. The number of alkyl halides is 1. The van der Waals surface area contributed by atoms with Gasteiger partial charge in [-0.3, -0.25) is 0 Å². The maximum atomic E-state index is 5.77. The van der Waals surface area contributed by atoms with Gasteiger partial charge in [0, 0.05) is 18.3 Å². The van der Waals surface area contributed by atoms with Crippen LogP contribution in [-0.2, 0) is 18.8 Å². The van der Waals surface area contributed by atoms with E-state index in [0.717, 1.165) is 31.6 Å². The summed E-state index contributed by atoms with van der Waals surface area (Å²) in [6, 6.07) is 8.58. The Morgan fingerprint density at radius 3 is 2.80 bits per heavy atom. The van der Waals surface area contributed by atoms with Gasteiger partial charge in [0.1, 0.15) is 0 Å². The third-order valence-electron chi connectivity index (χ3n) is 3.37. The summed E-state index contributed by atoms with van der Waals surface area (Å²) in [6.07, 6.45) is 2.18. The Morgan fingerprint density at radius 1 is 1.30 bits per heavy atom. The molecular weight excluding hydrogens is 288 g/mol. The van der Waals surface area contributed by atoms with Crippen LogP contribution in [0.3, 0.4) is 0 Å². The van der Waals surface area contributed by atoms with Gasteiger partial charge in [-0.2, -0.15) is 0 Å². The molecule has 0 fully saturated rings. The van der Waals surface area contributed by atoms with E-state index in [1.807, 2.05) is 0 Å². The van der Waals surface area contributed by atoms with E-state index in [9.17, 15) is 0 Å². The third kappa shape index (κ3) is 4.58. The van der Waals surface area contributed by atoms with E-state index in [4.69, 9.17) is 11.6 Å². The lowest BCUT2D eigenvalue weighted by molar-refractivity contribution is 0.321. The lowest BCUT2D eigenvalue weighted by Gasteiger charge is -2.17. The Kier molecular flexibility index (Phi) is 6.02. The summed E-state index contributed by atoms with van der Waals surface area (Å²) < 4.78 is 0. The maximum Gasteiger partial charge on any atom is 0.0929 e. The van der Waals surface area contributed by atoms with Gasteiger partial charge >= 0.3 is 0 Å². The highest BCUT2D eigenvalue weighted by Crippen LogP contribution is 2.14. The summed E-state index contributed by atoms with van der Waals surface area (Å²) in [5, 5.41) is 3.25. The lowest BCUT2D eigenvalue weighted by atomic mass is 10.1. The number of aromatic nitrogens is 1. The maximum absolute atomic E-state index is 5.77. The topological polar surface area (TPSA) is 16.1 Å². The fourth-order valence-corrected chi connectivity index (χ4v) is 3.25. The summed E-state index contributed by atoms with van der Waals surface area (Å²) in [5.41, 5.74) is 3.78. The number of hydrogen-bond acceptors (Lipinski definition) is 3. The minimum Gasteiger partial charge on any atom is -0.302 e. The highest BCUT2D eigenvalue weighted by molar-refractivity contribution is 7.09. The van der Waals surface area contributed by atoms with Crippen LogP contribution in [0.15, 0.2) is 29.6 Å². The first-order chi connectivity index (χ1) is 9.69. The van der Waals surface area contributed by atoms with Crippen molar-refractivity contribution in [2.24, 2.45) is 0 Å². The van der Waals surface area contributed by atoms with Crippen molar-refractivity contribution < 1.29 is 0 Å². The highest BCUT2D eigenvalue weighted by atomic mass is 35.5. The fraction of sp³-hybridized carbons (Fsp3) is 0.438. The first kappa shape index (κ1) is 15.5. The molecule has 0 unspecified atom stereocenters. The normalized spacial score (nSPS) is 11.2. The molecule has 0 saturated carbocycles. The predicted octanol–water partition coefficient (Wildman–Crippen LogP) is 4.25. The molecule has 0 aliphatic carbocycles. The second-order valence-corrected chi connectivity index (χ2v) is 6.34. The smallest absolute Gasteiger partial charge is 0.0929 e. The van der Waals surface area contributed by atoms with Gasteiger partial charge in [0.25, 0.3) is 0 Å². The lowest BCUT2D eigenvalue weighted by Crippen LogP contribution is -2.20. The molecule has 0 radical (unpaired) electrons. The molecule has 2 rings (SSSR count). The van der Waals surface area contributed by atoms with Crippen LogP contribution in [0.2, 0.25) is 0 Å². The van der Waals surface area contributed by atoms with E-state index in [2.05, 4.69) is 53.5 Å². The van der Waals surface area contributed by atoms with Gasteiger partial charge in [-0.15, -0.1) is 22.9 Å². The van der Waals surface area contributed by atoms with Crippen LogP contribution in [0.25, 0.3) is 0 Å². The van der Waals surface area contributed by atoms with Gasteiger partial charge < -0.3 is 4.90 Å². The van der Waals surface area contributed by atoms with Crippen LogP contribution < -0.4 is 0 Å². The number of halogens is 1. The van der Waals surface area contributed by atoms with Crippen LogP contribution in [0, 0.1) is 6.92 Å². The molecule has 1 aromatic carbocycles. The minimum atomic E-state index is 0.518. The molecule has 1 heterocycles. The van der Waals surface area contributed by atoms with E-state index in [0.29, 0.717) is 5.88 Å². The Morgan fingerprint density at radius 2 is 2.10 bits per heavy atom. The number of nitrogens with zero attached hydrogens (tertiary/aromatic N) is 2. The van der Waals surface area contributed by atoms with E-state index >= 15 is 0 Å². The van der Waals surface area contributed by atoms with Crippen molar-refractivity contribution in [3.63, 3.8) is 0 Å². The highest BCUT2D eigenvalue weighted by Gasteiger charge is 2.05. The molecule has 2 aromatic rings. The molecule has 0 N–H and O–H groups in total. The minimum absolute atomic E-state index is 0.518. The Labute approximate surface area is 130 Å².